The van der Waals surface area contributed by atoms with Gasteiger partial charge in [-0.1, -0.05) is 18.2 Å². The van der Waals surface area contributed by atoms with Crippen molar-refractivity contribution in [1.82, 2.24) is 5.32 Å². The maximum absolute atomic E-state index is 3.43. The molecule has 0 saturated heterocycles. The third-order valence-electron chi connectivity index (χ3n) is 2.38. The Balaban J connectivity index is 2.39. The minimum atomic E-state index is 0.988. The molecule has 14 heavy (non-hydrogen) atoms. The highest BCUT2D eigenvalue weighted by Gasteiger charge is 1.95. The maximum atomic E-state index is 3.43. The number of hydrogen-bond donors (Lipinski definition) is 1. The molecule has 0 aromatic heterocycles. The van der Waals surface area contributed by atoms with Crippen molar-refractivity contribution in [2.24, 2.45) is 0 Å². The average molecular weight is 209 g/mol. The molecule has 0 aliphatic rings. The highest BCUT2D eigenvalue weighted by molar-refractivity contribution is 7.98. The number of benzene rings is 1. The summed E-state index contributed by atoms with van der Waals surface area (Å²) in [5.41, 5.74) is 4.14. The van der Waals surface area contributed by atoms with Crippen molar-refractivity contribution >= 4 is 11.8 Å². The molecule has 0 radical (unpaired) electrons. The lowest BCUT2D eigenvalue weighted by Crippen LogP contribution is -2.16. The van der Waals surface area contributed by atoms with Gasteiger partial charge < -0.3 is 5.32 Å². The fraction of sp³-hybridized carbons (Fsp3) is 0.500. The third kappa shape index (κ3) is 3.72. The van der Waals surface area contributed by atoms with E-state index in [9.17, 15) is 0 Å². The van der Waals surface area contributed by atoms with Crippen molar-refractivity contribution in [3.8, 4) is 0 Å². The molecular formula is C12H19NS. The van der Waals surface area contributed by atoms with E-state index in [0.29, 0.717) is 0 Å². The minimum Gasteiger partial charge on any atom is -0.312 e. The van der Waals surface area contributed by atoms with Gasteiger partial charge in [-0.3, -0.25) is 0 Å². The van der Waals surface area contributed by atoms with Crippen molar-refractivity contribution in [1.29, 1.82) is 0 Å². The Hall–Kier alpha value is -0.470. The fourth-order valence-corrected chi connectivity index (χ4v) is 1.67. The van der Waals surface area contributed by atoms with Crippen molar-refractivity contribution in [3.05, 3.63) is 34.9 Å². The van der Waals surface area contributed by atoms with Crippen LogP contribution in [0.25, 0.3) is 0 Å². The Kier molecular flexibility index (Phi) is 5.05. The molecule has 1 aromatic rings. The van der Waals surface area contributed by atoms with E-state index < -0.39 is 0 Å². The normalized spacial score (nSPS) is 10.5. The summed E-state index contributed by atoms with van der Waals surface area (Å²) in [6, 6.07) is 6.66. The molecule has 1 aromatic carbocycles. The van der Waals surface area contributed by atoms with Gasteiger partial charge in [-0.05, 0) is 36.8 Å². The number of nitrogens with one attached hydrogen (secondary N) is 1. The molecule has 0 spiro atoms. The van der Waals surface area contributed by atoms with Crippen molar-refractivity contribution in [2.45, 2.75) is 20.4 Å². The highest BCUT2D eigenvalue weighted by atomic mass is 32.2. The van der Waals surface area contributed by atoms with E-state index in [2.05, 4.69) is 43.6 Å². The van der Waals surface area contributed by atoms with Crippen LogP contribution in [0.1, 0.15) is 16.7 Å². The van der Waals surface area contributed by atoms with Crippen LogP contribution in [0.15, 0.2) is 18.2 Å². The summed E-state index contributed by atoms with van der Waals surface area (Å²) in [4.78, 5) is 0. The third-order valence-corrected chi connectivity index (χ3v) is 3.00. The van der Waals surface area contributed by atoms with Crippen LogP contribution < -0.4 is 5.32 Å². The minimum absolute atomic E-state index is 0.988. The van der Waals surface area contributed by atoms with Gasteiger partial charge in [0.05, 0.1) is 0 Å². The summed E-state index contributed by atoms with van der Waals surface area (Å²) in [6.07, 6.45) is 2.14. The van der Waals surface area contributed by atoms with Crippen molar-refractivity contribution in [2.75, 3.05) is 18.6 Å². The first kappa shape index (κ1) is 11.6. The maximum Gasteiger partial charge on any atom is 0.0205 e. The number of hydrogen-bond acceptors (Lipinski definition) is 2. The topological polar surface area (TPSA) is 12.0 Å². The molecule has 1 N–H and O–H groups in total. The number of aryl methyl sites for hydroxylation is 2. The lowest BCUT2D eigenvalue weighted by Gasteiger charge is -2.06. The van der Waals surface area contributed by atoms with Crippen LogP contribution in [0.4, 0.5) is 0 Å². The predicted octanol–water partition coefficient (Wildman–Crippen LogP) is 2.76. The zero-order valence-corrected chi connectivity index (χ0v) is 10.1. The molecule has 1 rings (SSSR count). The Morgan fingerprint density at radius 3 is 2.64 bits per heavy atom. The largest absolute Gasteiger partial charge is 0.312 e. The molecule has 0 unspecified atom stereocenters. The summed E-state index contributed by atoms with van der Waals surface area (Å²) in [7, 11) is 0. The van der Waals surface area contributed by atoms with Crippen LogP contribution in [0.3, 0.4) is 0 Å². The van der Waals surface area contributed by atoms with Crippen LogP contribution >= 0.6 is 11.8 Å². The number of thioether (sulfide) groups is 1. The molecule has 0 fully saturated rings. The summed E-state index contributed by atoms with van der Waals surface area (Å²) >= 11 is 1.88. The smallest absolute Gasteiger partial charge is 0.0205 e. The first-order valence-electron chi connectivity index (χ1n) is 5.00. The molecule has 0 amide bonds. The second kappa shape index (κ2) is 6.10. The van der Waals surface area contributed by atoms with E-state index >= 15 is 0 Å². The Bertz CT molecular complexity index is 284. The molecule has 2 heteroatoms. The SMILES string of the molecule is CSCCNCc1ccc(C)c(C)c1. The molecule has 0 saturated carbocycles. The van der Waals surface area contributed by atoms with Crippen LogP contribution in [0.5, 0.6) is 0 Å². The molecule has 1 nitrogen and oxygen atoms in total. The molecule has 0 bridgehead atoms. The van der Waals surface area contributed by atoms with E-state index in [4.69, 9.17) is 0 Å². The van der Waals surface area contributed by atoms with Gasteiger partial charge in [-0.2, -0.15) is 11.8 Å². The molecule has 0 heterocycles. The predicted molar refractivity (Wildman–Crippen MR) is 66.0 cm³/mol. The standard InChI is InChI=1S/C12H19NS/c1-10-4-5-12(8-11(10)2)9-13-6-7-14-3/h4-5,8,13H,6-7,9H2,1-3H3. The first-order valence-corrected chi connectivity index (χ1v) is 6.39. The van der Waals surface area contributed by atoms with Gasteiger partial charge in [-0.15, -0.1) is 0 Å². The van der Waals surface area contributed by atoms with Gasteiger partial charge in [0.1, 0.15) is 0 Å². The zero-order chi connectivity index (χ0) is 10.4. The van der Waals surface area contributed by atoms with Gasteiger partial charge in [0, 0.05) is 18.8 Å². The second-order valence-corrected chi connectivity index (χ2v) is 4.57. The van der Waals surface area contributed by atoms with Crippen molar-refractivity contribution in [3.63, 3.8) is 0 Å². The molecule has 0 aliphatic heterocycles. The molecule has 0 aliphatic carbocycles. The van der Waals surface area contributed by atoms with E-state index in [-0.39, 0.29) is 0 Å². The fourth-order valence-electron chi connectivity index (χ4n) is 1.32. The summed E-state index contributed by atoms with van der Waals surface area (Å²) in [5.74, 6) is 1.19. The summed E-state index contributed by atoms with van der Waals surface area (Å²) in [5, 5.41) is 3.43. The van der Waals surface area contributed by atoms with Crippen LogP contribution in [-0.2, 0) is 6.54 Å². The highest BCUT2D eigenvalue weighted by Crippen LogP contribution is 2.09. The summed E-state index contributed by atoms with van der Waals surface area (Å²) in [6.45, 7) is 6.40. The van der Waals surface area contributed by atoms with Gasteiger partial charge in [0.2, 0.25) is 0 Å². The monoisotopic (exact) mass is 209 g/mol. The van der Waals surface area contributed by atoms with Crippen molar-refractivity contribution < 1.29 is 0 Å². The van der Waals surface area contributed by atoms with E-state index in [1.807, 2.05) is 11.8 Å². The van der Waals surface area contributed by atoms with Gasteiger partial charge in [-0.25, -0.2) is 0 Å². The van der Waals surface area contributed by atoms with E-state index in [1.54, 1.807) is 0 Å². The Morgan fingerprint density at radius 1 is 1.21 bits per heavy atom. The van der Waals surface area contributed by atoms with Crippen LogP contribution in [-0.4, -0.2) is 18.6 Å². The zero-order valence-electron chi connectivity index (χ0n) is 9.26. The van der Waals surface area contributed by atoms with E-state index in [0.717, 1.165) is 13.1 Å². The van der Waals surface area contributed by atoms with Crippen LogP contribution in [0, 0.1) is 13.8 Å². The molecular weight excluding hydrogens is 190 g/mol. The number of rotatable bonds is 5. The van der Waals surface area contributed by atoms with Gasteiger partial charge in [0.15, 0.2) is 0 Å². The molecule has 0 atom stereocenters. The van der Waals surface area contributed by atoms with Gasteiger partial charge in [0.25, 0.3) is 0 Å². The Morgan fingerprint density at radius 2 is 2.00 bits per heavy atom. The van der Waals surface area contributed by atoms with Gasteiger partial charge >= 0.3 is 0 Å². The average Bonchev–Trinajstić information content (AvgIpc) is 2.18. The molecule has 78 valence electrons. The second-order valence-electron chi connectivity index (χ2n) is 3.59. The lowest BCUT2D eigenvalue weighted by molar-refractivity contribution is 0.731. The quantitative estimate of drug-likeness (QED) is 0.748. The first-order chi connectivity index (χ1) is 6.74. The van der Waals surface area contributed by atoms with E-state index in [1.165, 1.54) is 22.4 Å². The van der Waals surface area contributed by atoms with Crippen LogP contribution in [0.2, 0.25) is 0 Å². The Labute approximate surface area is 91.3 Å². The summed E-state index contributed by atoms with van der Waals surface area (Å²) < 4.78 is 0. The lowest BCUT2D eigenvalue weighted by atomic mass is 10.1.